The van der Waals surface area contributed by atoms with Gasteiger partial charge in [-0.25, -0.2) is 4.79 Å². The highest BCUT2D eigenvalue weighted by atomic mass is 35.5. The van der Waals surface area contributed by atoms with Crippen LogP contribution in [0, 0.1) is 0 Å². The van der Waals surface area contributed by atoms with E-state index in [1.807, 2.05) is 0 Å². The summed E-state index contributed by atoms with van der Waals surface area (Å²) in [6, 6.07) is 17.6. The smallest absolute Gasteiger partial charge is 0.336 e. The molecule has 0 saturated heterocycles. The summed E-state index contributed by atoms with van der Waals surface area (Å²) in [4.78, 5) is 23.9. The number of ketones is 1. The third-order valence-corrected chi connectivity index (χ3v) is 4.07. The standard InChI is InChI=1S/C20H13ClO4/c21-14-8-5-12(6-9-14)13-7-10-17(18(22)11-13)19(23)15-3-1-2-4-16(15)20(24)25/h1-11,22H,(H,24,25). The molecule has 0 spiro atoms. The predicted molar refractivity (Wildman–Crippen MR) is 95.4 cm³/mol. The van der Waals surface area contributed by atoms with Crippen LogP contribution >= 0.6 is 11.6 Å². The lowest BCUT2D eigenvalue weighted by Gasteiger charge is -2.09. The number of hydrogen-bond acceptors (Lipinski definition) is 3. The van der Waals surface area contributed by atoms with Crippen LogP contribution in [0.5, 0.6) is 5.75 Å². The van der Waals surface area contributed by atoms with Gasteiger partial charge in [0.05, 0.1) is 11.1 Å². The summed E-state index contributed by atoms with van der Waals surface area (Å²) in [5.41, 5.74) is 1.53. The summed E-state index contributed by atoms with van der Waals surface area (Å²) in [6.45, 7) is 0. The quantitative estimate of drug-likeness (QED) is 0.671. The SMILES string of the molecule is O=C(O)c1ccccc1C(=O)c1ccc(-c2ccc(Cl)cc2)cc1O. The molecule has 0 aliphatic rings. The number of carboxylic acids is 1. The summed E-state index contributed by atoms with van der Waals surface area (Å²) >= 11 is 5.86. The number of carboxylic acid groups (broad SMARTS) is 1. The Kier molecular flexibility index (Phi) is 4.55. The topological polar surface area (TPSA) is 74.6 Å². The Labute approximate surface area is 148 Å². The average molecular weight is 353 g/mol. The number of phenols is 1. The Hall–Kier alpha value is -3.11. The van der Waals surface area contributed by atoms with Gasteiger partial charge in [0.1, 0.15) is 5.75 Å². The van der Waals surface area contributed by atoms with E-state index in [-0.39, 0.29) is 22.4 Å². The molecule has 3 rings (SSSR count). The lowest BCUT2D eigenvalue weighted by molar-refractivity contribution is 0.0692. The summed E-state index contributed by atoms with van der Waals surface area (Å²) in [7, 11) is 0. The number of rotatable bonds is 4. The normalized spacial score (nSPS) is 10.4. The predicted octanol–water partition coefficient (Wildman–Crippen LogP) is 4.64. The Balaban J connectivity index is 2.00. The summed E-state index contributed by atoms with van der Waals surface area (Å²) in [6.07, 6.45) is 0. The van der Waals surface area contributed by atoms with Crippen molar-refractivity contribution in [2.24, 2.45) is 0 Å². The molecule has 0 amide bonds. The van der Waals surface area contributed by atoms with Crippen LogP contribution in [0.15, 0.2) is 66.7 Å². The van der Waals surface area contributed by atoms with Crippen LogP contribution in [0.2, 0.25) is 5.02 Å². The second-order valence-corrected chi connectivity index (χ2v) is 5.86. The summed E-state index contributed by atoms with van der Waals surface area (Å²) < 4.78 is 0. The maximum atomic E-state index is 12.6. The molecule has 3 aromatic carbocycles. The Morgan fingerprint density at radius 3 is 1.96 bits per heavy atom. The van der Waals surface area contributed by atoms with Crippen molar-refractivity contribution in [1.82, 2.24) is 0 Å². The van der Waals surface area contributed by atoms with Gasteiger partial charge in [-0.15, -0.1) is 0 Å². The Morgan fingerprint density at radius 1 is 0.760 bits per heavy atom. The molecular formula is C20H13ClO4. The van der Waals surface area contributed by atoms with Crippen LogP contribution in [0.1, 0.15) is 26.3 Å². The molecule has 0 aliphatic heterocycles. The lowest BCUT2D eigenvalue weighted by atomic mass is 9.95. The third kappa shape index (κ3) is 3.39. The van der Waals surface area contributed by atoms with E-state index >= 15 is 0 Å². The van der Waals surface area contributed by atoms with Crippen molar-refractivity contribution >= 4 is 23.4 Å². The second-order valence-electron chi connectivity index (χ2n) is 5.42. The van der Waals surface area contributed by atoms with Gasteiger partial charge in [-0.2, -0.15) is 0 Å². The average Bonchev–Trinajstić information content (AvgIpc) is 2.61. The van der Waals surface area contributed by atoms with E-state index in [0.29, 0.717) is 5.02 Å². The molecule has 4 nitrogen and oxygen atoms in total. The van der Waals surface area contributed by atoms with Crippen LogP contribution in [0.3, 0.4) is 0 Å². The van der Waals surface area contributed by atoms with Crippen LogP contribution in [-0.4, -0.2) is 22.0 Å². The van der Waals surface area contributed by atoms with Gasteiger partial charge in [0.15, 0.2) is 5.78 Å². The van der Waals surface area contributed by atoms with Gasteiger partial charge in [-0.1, -0.05) is 48.0 Å². The summed E-state index contributed by atoms with van der Waals surface area (Å²) in [5, 5.41) is 20.1. The zero-order valence-corrected chi connectivity index (χ0v) is 13.7. The van der Waals surface area contributed by atoms with Crippen LogP contribution < -0.4 is 0 Å². The third-order valence-electron chi connectivity index (χ3n) is 3.82. The van der Waals surface area contributed by atoms with Crippen molar-refractivity contribution in [2.45, 2.75) is 0 Å². The van der Waals surface area contributed by atoms with Crippen molar-refractivity contribution in [3.8, 4) is 16.9 Å². The van der Waals surface area contributed by atoms with Gasteiger partial charge >= 0.3 is 5.97 Å². The molecule has 0 unspecified atom stereocenters. The van der Waals surface area contributed by atoms with Crippen molar-refractivity contribution in [1.29, 1.82) is 0 Å². The van der Waals surface area contributed by atoms with E-state index in [9.17, 15) is 19.8 Å². The number of benzene rings is 3. The minimum absolute atomic E-state index is 0.0320. The van der Waals surface area contributed by atoms with E-state index < -0.39 is 11.8 Å². The van der Waals surface area contributed by atoms with Gasteiger partial charge in [0.25, 0.3) is 0 Å². The molecular weight excluding hydrogens is 340 g/mol. The first-order valence-electron chi connectivity index (χ1n) is 7.43. The summed E-state index contributed by atoms with van der Waals surface area (Å²) in [5.74, 6) is -1.95. The molecule has 5 heteroatoms. The molecule has 0 atom stereocenters. The highest BCUT2D eigenvalue weighted by molar-refractivity contribution is 6.30. The van der Waals surface area contributed by atoms with Gasteiger partial charge in [-0.05, 0) is 41.5 Å². The zero-order valence-electron chi connectivity index (χ0n) is 12.9. The van der Waals surface area contributed by atoms with E-state index in [1.54, 1.807) is 42.5 Å². The molecule has 0 aromatic heterocycles. The Morgan fingerprint density at radius 2 is 1.36 bits per heavy atom. The molecule has 0 fully saturated rings. The maximum Gasteiger partial charge on any atom is 0.336 e. The van der Waals surface area contributed by atoms with Gasteiger partial charge < -0.3 is 10.2 Å². The first kappa shape index (κ1) is 16.7. The number of aromatic carboxylic acids is 1. The molecule has 0 bridgehead atoms. The number of hydrogen-bond donors (Lipinski definition) is 2. The monoisotopic (exact) mass is 352 g/mol. The fourth-order valence-electron chi connectivity index (χ4n) is 2.56. The van der Waals surface area contributed by atoms with Crippen molar-refractivity contribution < 1.29 is 19.8 Å². The molecule has 25 heavy (non-hydrogen) atoms. The van der Waals surface area contributed by atoms with Crippen LogP contribution in [0.4, 0.5) is 0 Å². The highest BCUT2D eigenvalue weighted by Crippen LogP contribution is 2.29. The molecule has 0 saturated carbocycles. The lowest BCUT2D eigenvalue weighted by Crippen LogP contribution is -2.09. The first-order valence-corrected chi connectivity index (χ1v) is 7.81. The maximum absolute atomic E-state index is 12.6. The number of carbonyl (C=O) groups is 2. The minimum Gasteiger partial charge on any atom is -0.507 e. The molecule has 0 aliphatic carbocycles. The van der Waals surface area contributed by atoms with Gasteiger partial charge in [0.2, 0.25) is 0 Å². The first-order chi connectivity index (χ1) is 12.0. The van der Waals surface area contributed by atoms with E-state index in [0.717, 1.165) is 11.1 Å². The zero-order chi connectivity index (χ0) is 18.0. The van der Waals surface area contributed by atoms with Gasteiger partial charge in [-0.3, -0.25) is 4.79 Å². The van der Waals surface area contributed by atoms with Crippen molar-refractivity contribution in [3.63, 3.8) is 0 Å². The molecule has 124 valence electrons. The molecule has 0 heterocycles. The fraction of sp³-hybridized carbons (Fsp3) is 0. The minimum atomic E-state index is -1.19. The van der Waals surface area contributed by atoms with E-state index in [4.69, 9.17) is 11.6 Å². The number of carbonyl (C=O) groups excluding carboxylic acids is 1. The molecule has 3 aromatic rings. The number of phenolic OH excluding ortho intramolecular Hbond substituents is 1. The van der Waals surface area contributed by atoms with Crippen LogP contribution in [-0.2, 0) is 0 Å². The van der Waals surface area contributed by atoms with Crippen LogP contribution in [0.25, 0.3) is 11.1 Å². The van der Waals surface area contributed by atoms with Crippen molar-refractivity contribution in [2.75, 3.05) is 0 Å². The largest absolute Gasteiger partial charge is 0.507 e. The molecule has 2 N–H and O–H groups in total. The molecule has 0 radical (unpaired) electrons. The Bertz CT molecular complexity index is 962. The highest BCUT2D eigenvalue weighted by Gasteiger charge is 2.20. The van der Waals surface area contributed by atoms with E-state index in [2.05, 4.69) is 0 Å². The second kappa shape index (κ2) is 6.79. The van der Waals surface area contributed by atoms with E-state index in [1.165, 1.54) is 24.3 Å². The number of halogens is 1. The van der Waals surface area contributed by atoms with Gasteiger partial charge in [0, 0.05) is 10.6 Å². The number of aromatic hydroxyl groups is 1. The van der Waals surface area contributed by atoms with Crippen molar-refractivity contribution in [3.05, 3.63) is 88.4 Å². The fourth-order valence-corrected chi connectivity index (χ4v) is 2.68.